The van der Waals surface area contributed by atoms with E-state index in [1.165, 1.54) is 12.8 Å². The Hall–Kier alpha value is -2.01. The van der Waals surface area contributed by atoms with Crippen LogP contribution in [0.25, 0.3) is 10.9 Å². The highest BCUT2D eigenvalue weighted by atomic mass is 16.5. The first-order chi connectivity index (χ1) is 11.2. The lowest BCUT2D eigenvalue weighted by Gasteiger charge is -2.18. The van der Waals surface area contributed by atoms with Gasteiger partial charge in [0.1, 0.15) is 0 Å². The summed E-state index contributed by atoms with van der Waals surface area (Å²) in [6.07, 6.45) is 4.44. The van der Waals surface area contributed by atoms with Gasteiger partial charge in [-0.15, -0.1) is 0 Å². The van der Waals surface area contributed by atoms with Gasteiger partial charge in [0.15, 0.2) is 11.5 Å². The molecule has 0 bridgehead atoms. The van der Waals surface area contributed by atoms with Crippen LogP contribution < -0.4 is 14.8 Å². The highest BCUT2D eigenvalue weighted by Crippen LogP contribution is 2.34. The van der Waals surface area contributed by atoms with Gasteiger partial charge in [-0.1, -0.05) is 0 Å². The normalized spacial score (nSPS) is 15.4. The van der Waals surface area contributed by atoms with Crippen LogP contribution in [0.2, 0.25) is 0 Å². The molecular weight excluding hydrogens is 292 g/mol. The van der Waals surface area contributed by atoms with E-state index in [0.29, 0.717) is 18.1 Å². The van der Waals surface area contributed by atoms with Crippen molar-refractivity contribution in [3.8, 4) is 11.5 Å². The smallest absolute Gasteiger partial charge is 0.162 e. The van der Waals surface area contributed by atoms with E-state index in [2.05, 4.69) is 17.2 Å². The van der Waals surface area contributed by atoms with Crippen molar-refractivity contribution in [1.82, 2.24) is 4.98 Å². The van der Waals surface area contributed by atoms with Crippen LogP contribution >= 0.6 is 0 Å². The molecule has 1 fully saturated rings. The van der Waals surface area contributed by atoms with Gasteiger partial charge in [0.05, 0.1) is 26.3 Å². The zero-order chi connectivity index (χ0) is 16.2. The summed E-state index contributed by atoms with van der Waals surface area (Å²) in [6, 6.07) is 6.06. The molecule has 1 N–H and O–H groups in total. The Morgan fingerprint density at radius 2 is 1.96 bits per heavy atom. The number of benzene rings is 1. The lowest BCUT2D eigenvalue weighted by atomic mass is 10.1. The van der Waals surface area contributed by atoms with Crippen LogP contribution in [-0.2, 0) is 4.74 Å². The van der Waals surface area contributed by atoms with Gasteiger partial charge >= 0.3 is 0 Å². The fourth-order valence-corrected chi connectivity index (χ4v) is 2.60. The lowest BCUT2D eigenvalue weighted by Crippen LogP contribution is -2.22. The Morgan fingerprint density at radius 3 is 2.65 bits per heavy atom. The first-order valence-corrected chi connectivity index (χ1v) is 8.06. The first-order valence-electron chi connectivity index (χ1n) is 8.06. The fourth-order valence-electron chi connectivity index (χ4n) is 2.60. The molecule has 2 aromatic rings. The largest absolute Gasteiger partial charge is 0.493 e. The number of methoxy groups -OCH3 is 2. The summed E-state index contributed by atoms with van der Waals surface area (Å²) in [5, 5.41) is 4.52. The van der Waals surface area contributed by atoms with Gasteiger partial charge in [0.2, 0.25) is 0 Å². The van der Waals surface area contributed by atoms with Crippen molar-refractivity contribution in [3.05, 3.63) is 24.4 Å². The number of hydrogen-bond acceptors (Lipinski definition) is 5. The van der Waals surface area contributed by atoms with E-state index < -0.39 is 0 Å². The molecule has 1 unspecified atom stereocenters. The minimum absolute atomic E-state index is 0.229. The first kappa shape index (κ1) is 15.9. The van der Waals surface area contributed by atoms with Crippen LogP contribution in [0, 0.1) is 5.92 Å². The molecule has 0 amide bonds. The maximum atomic E-state index is 5.76. The van der Waals surface area contributed by atoms with Crippen molar-refractivity contribution in [2.45, 2.75) is 25.8 Å². The zero-order valence-corrected chi connectivity index (χ0v) is 14.0. The number of rotatable bonds is 8. The SMILES string of the molecule is COc1cc2nccc(NC(C)COCC3CC3)c2cc1OC. The van der Waals surface area contributed by atoms with Crippen molar-refractivity contribution >= 4 is 16.6 Å². The number of hydrogen-bond donors (Lipinski definition) is 1. The molecule has 23 heavy (non-hydrogen) atoms. The summed E-state index contributed by atoms with van der Waals surface area (Å²) in [5.41, 5.74) is 1.90. The Labute approximate surface area is 137 Å². The third kappa shape index (κ3) is 3.85. The van der Waals surface area contributed by atoms with Crippen molar-refractivity contribution in [1.29, 1.82) is 0 Å². The second-order valence-corrected chi connectivity index (χ2v) is 6.11. The van der Waals surface area contributed by atoms with Gasteiger partial charge in [0, 0.05) is 36.0 Å². The van der Waals surface area contributed by atoms with Crippen LogP contribution in [0.4, 0.5) is 5.69 Å². The number of pyridine rings is 1. The minimum atomic E-state index is 0.229. The molecule has 1 aliphatic rings. The molecule has 3 rings (SSSR count). The summed E-state index contributed by atoms with van der Waals surface area (Å²) < 4.78 is 16.5. The molecule has 1 aliphatic carbocycles. The fraction of sp³-hybridized carbons (Fsp3) is 0.500. The summed E-state index contributed by atoms with van der Waals surface area (Å²) in [6.45, 7) is 3.71. The standard InChI is InChI=1S/C18H24N2O3/c1-12(10-23-11-13-4-5-13)20-15-6-7-19-16-9-18(22-3)17(21-2)8-14(15)16/h6-9,12-13H,4-5,10-11H2,1-3H3,(H,19,20). The average Bonchev–Trinajstić information content (AvgIpc) is 3.38. The Kier molecular flexibility index (Phi) is 4.86. The third-order valence-corrected chi connectivity index (χ3v) is 4.07. The number of nitrogens with one attached hydrogen (secondary N) is 1. The molecule has 0 spiro atoms. The van der Waals surface area contributed by atoms with Crippen molar-refractivity contribution in [2.24, 2.45) is 5.92 Å². The van der Waals surface area contributed by atoms with E-state index in [1.807, 2.05) is 18.2 Å². The summed E-state index contributed by atoms with van der Waals surface area (Å²) in [4.78, 5) is 4.42. The van der Waals surface area contributed by atoms with Crippen LogP contribution in [0.15, 0.2) is 24.4 Å². The predicted molar refractivity (Wildman–Crippen MR) is 91.5 cm³/mol. The summed E-state index contributed by atoms with van der Waals surface area (Å²) in [5.74, 6) is 2.18. The van der Waals surface area contributed by atoms with E-state index in [1.54, 1.807) is 20.4 Å². The number of aromatic nitrogens is 1. The van der Waals surface area contributed by atoms with Crippen LogP contribution in [0.5, 0.6) is 11.5 Å². The molecule has 0 radical (unpaired) electrons. The van der Waals surface area contributed by atoms with E-state index in [0.717, 1.165) is 29.1 Å². The van der Waals surface area contributed by atoms with Crippen LogP contribution in [0.3, 0.4) is 0 Å². The van der Waals surface area contributed by atoms with E-state index in [-0.39, 0.29) is 6.04 Å². The van der Waals surface area contributed by atoms with Crippen molar-refractivity contribution < 1.29 is 14.2 Å². The summed E-state index contributed by atoms with van der Waals surface area (Å²) in [7, 11) is 3.27. The number of ether oxygens (including phenoxy) is 3. The summed E-state index contributed by atoms with van der Waals surface area (Å²) >= 11 is 0. The second kappa shape index (κ2) is 7.04. The molecular formula is C18H24N2O3. The maximum Gasteiger partial charge on any atom is 0.162 e. The van der Waals surface area contributed by atoms with Crippen LogP contribution in [0.1, 0.15) is 19.8 Å². The Bertz CT molecular complexity index is 671. The Morgan fingerprint density at radius 1 is 1.22 bits per heavy atom. The van der Waals surface area contributed by atoms with E-state index in [9.17, 15) is 0 Å². The number of anilines is 1. The van der Waals surface area contributed by atoms with Crippen molar-refractivity contribution in [3.63, 3.8) is 0 Å². The molecule has 1 heterocycles. The third-order valence-electron chi connectivity index (χ3n) is 4.07. The topological polar surface area (TPSA) is 52.6 Å². The molecule has 5 nitrogen and oxygen atoms in total. The van der Waals surface area contributed by atoms with E-state index >= 15 is 0 Å². The molecule has 1 aromatic carbocycles. The molecule has 124 valence electrons. The Balaban J connectivity index is 1.76. The monoisotopic (exact) mass is 316 g/mol. The quantitative estimate of drug-likeness (QED) is 0.808. The molecule has 1 atom stereocenters. The molecule has 1 aromatic heterocycles. The molecule has 1 saturated carbocycles. The van der Waals surface area contributed by atoms with E-state index in [4.69, 9.17) is 14.2 Å². The molecule has 0 aliphatic heterocycles. The van der Waals surface area contributed by atoms with Gasteiger partial charge in [-0.2, -0.15) is 0 Å². The average molecular weight is 316 g/mol. The van der Waals surface area contributed by atoms with Crippen LogP contribution in [-0.4, -0.2) is 38.5 Å². The maximum absolute atomic E-state index is 5.76. The number of fused-ring (bicyclic) bond motifs is 1. The zero-order valence-electron chi connectivity index (χ0n) is 14.0. The second-order valence-electron chi connectivity index (χ2n) is 6.11. The van der Waals surface area contributed by atoms with Gasteiger partial charge in [0.25, 0.3) is 0 Å². The van der Waals surface area contributed by atoms with Gasteiger partial charge < -0.3 is 19.5 Å². The minimum Gasteiger partial charge on any atom is -0.493 e. The predicted octanol–water partition coefficient (Wildman–Crippen LogP) is 3.48. The van der Waals surface area contributed by atoms with Gasteiger partial charge in [-0.05, 0) is 37.8 Å². The number of nitrogens with zero attached hydrogens (tertiary/aromatic N) is 1. The lowest BCUT2D eigenvalue weighted by molar-refractivity contribution is 0.119. The molecule has 0 saturated heterocycles. The van der Waals surface area contributed by atoms with Gasteiger partial charge in [-0.3, -0.25) is 4.98 Å². The van der Waals surface area contributed by atoms with Gasteiger partial charge in [-0.25, -0.2) is 0 Å². The molecule has 5 heteroatoms. The highest BCUT2D eigenvalue weighted by molar-refractivity contribution is 5.93. The van der Waals surface area contributed by atoms with Crippen molar-refractivity contribution in [2.75, 3.05) is 32.8 Å². The highest BCUT2D eigenvalue weighted by Gasteiger charge is 2.21.